The van der Waals surface area contributed by atoms with Gasteiger partial charge in [-0.25, -0.2) is 4.79 Å². The predicted molar refractivity (Wildman–Crippen MR) is 113 cm³/mol. The van der Waals surface area contributed by atoms with Crippen LogP contribution in [0.5, 0.6) is 0 Å². The molecule has 0 fully saturated rings. The van der Waals surface area contributed by atoms with Gasteiger partial charge in [0.15, 0.2) is 12.4 Å². The Morgan fingerprint density at radius 1 is 1.10 bits per heavy atom. The zero-order chi connectivity index (χ0) is 21.3. The number of para-hydroxylation sites is 1. The largest absolute Gasteiger partial charge is 0.459 e. The standard InChI is InChI=1S/C20H15N3O5S2/c21-9-11-29-15-6-2-1-4-13(15)22-17(24)12-28-20(26)16-7-8-18(30-16)23-19(25)14-5-3-10-27-14/h1-8,10H,11-12H2,(H,22,24)(H,23,25). The summed E-state index contributed by atoms with van der Waals surface area (Å²) in [5, 5.41) is 14.4. The van der Waals surface area contributed by atoms with Gasteiger partial charge in [0.1, 0.15) is 4.88 Å². The summed E-state index contributed by atoms with van der Waals surface area (Å²) in [6.45, 7) is -0.470. The monoisotopic (exact) mass is 441 g/mol. The van der Waals surface area contributed by atoms with Gasteiger partial charge >= 0.3 is 5.97 Å². The number of hydrogen-bond acceptors (Lipinski definition) is 8. The van der Waals surface area contributed by atoms with E-state index in [1.807, 2.05) is 6.07 Å². The molecule has 0 atom stereocenters. The predicted octanol–water partition coefficient (Wildman–Crippen LogP) is 4.00. The average Bonchev–Trinajstić information content (AvgIpc) is 3.44. The van der Waals surface area contributed by atoms with Crippen LogP contribution in [-0.4, -0.2) is 30.1 Å². The third-order valence-electron chi connectivity index (χ3n) is 3.58. The molecular weight excluding hydrogens is 426 g/mol. The molecule has 0 spiro atoms. The number of hydrogen-bond donors (Lipinski definition) is 2. The van der Waals surface area contributed by atoms with Crippen LogP contribution < -0.4 is 10.6 Å². The maximum absolute atomic E-state index is 12.2. The molecule has 2 aromatic heterocycles. The molecule has 3 aromatic rings. The van der Waals surface area contributed by atoms with Gasteiger partial charge < -0.3 is 19.8 Å². The van der Waals surface area contributed by atoms with E-state index in [9.17, 15) is 14.4 Å². The fourth-order valence-corrected chi connectivity index (χ4v) is 3.75. The van der Waals surface area contributed by atoms with Crippen LogP contribution in [0.25, 0.3) is 0 Å². The average molecular weight is 441 g/mol. The Morgan fingerprint density at radius 3 is 2.70 bits per heavy atom. The van der Waals surface area contributed by atoms with Crippen molar-refractivity contribution in [3.63, 3.8) is 0 Å². The van der Waals surface area contributed by atoms with Gasteiger partial charge in [-0.3, -0.25) is 9.59 Å². The fourth-order valence-electron chi connectivity index (χ4n) is 2.29. The molecule has 0 saturated carbocycles. The van der Waals surface area contributed by atoms with Gasteiger partial charge in [0.2, 0.25) is 0 Å². The van der Waals surface area contributed by atoms with Crippen molar-refractivity contribution in [1.82, 2.24) is 0 Å². The van der Waals surface area contributed by atoms with Crippen LogP contribution in [0.2, 0.25) is 0 Å². The summed E-state index contributed by atoms with van der Waals surface area (Å²) in [5.41, 5.74) is 0.540. The first-order valence-corrected chi connectivity index (χ1v) is 10.4. The molecule has 0 radical (unpaired) electrons. The normalized spacial score (nSPS) is 10.1. The van der Waals surface area contributed by atoms with Crippen molar-refractivity contribution in [2.45, 2.75) is 4.90 Å². The number of benzene rings is 1. The molecule has 30 heavy (non-hydrogen) atoms. The van der Waals surface area contributed by atoms with E-state index in [-0.39, 0.29) is 16.4 Å². The summed E-state index contributed by atoms with van der Waals surface area (Å²) in [4.78, 5) is 37.2. The number of amides is 2. The zero-order valence-corrected chi connectivity index (χ0v) is 17.0. The number of carbonyl (C=O) groups excluding carboxylic acids is 3. The number of ether oxygens (including phenoxy) is 1. The zero-order valence-electron chi connectivity index (χ0n) is 15.4. The molecule has 2 heterocycles. The molecule has 8 nitrogen and oxygen atoms in total. The van der Waals surface area contributed by atoms with Gasteiger partial charge in [-0.15, -0.1) is 23.1 Å². The highest BCUT2D eigenvalue weighted by Gasteiger charge is 2.16. The van der Waals surface area contributed by atoms with E-state index in [1.165, 1.54) is 30.2 Å². The minimum atomic E-state index is -0.680. The van der Waals surface area contributed by atoms with E-state index < -0.39 is 24.4 Å². The van der Waals surface area contributed by atoms with E-state index in [4.69, 9.17) is 14.4 Å². The Bertz CT molecular complexity index is 1090. The third-order valence-corrected chi connectivity index (χ3v) is 5.50. The lowest BCUT2D eigenvalue weighted by molar-refractivity contribution is -0.119. The molecule has 0 unspecified atom stereocenters. The second-order valence-corrected chi connectivity index (χ2v) is 7.76. The van der Waals surface area contributed by atoms with Crippen molar-refractivity contribution in [3.8, 4) is 6.07 Å². The van der Waals surface area contributed by atoms with Crippen molar-refractivity contribution < 1.29 is 23.5 Å². The van der Waals surface area contributed by atoms with Crippen LogP contribution in [0, 0.1) is 11.3 Å². The Labute approximate surface area is 179 Å². The van der Waals surface area contributed by atoms with Gasteiger partial charge in [0, 0.05) is 4.90 Å². The summed E-state index contributed by atoms with van der Waals surface area (Å²) in [5.74, 6) is -1.22. The minimum absolute atomic E-state index is 0.150. The van der Waals surface area contributed by atoms with E-state index in [2.05, 4.69) is 10.6 Å². The molecule has 0 bridgehead atoms. The summed E-state index contributed by atoms with van der Waals surface area (Å²) in [6, 6.07) is 15.2. The molecule has 0 aliphatic heterocycles. The number of esters is 1. The molecule has 1 aromatic carbocycles. The molecule has 2 N–H and O–H groups in total. The van der Waals surface area contributed by atoms with Gasteiger partial charge in [-0.1, -0.05) is 12.1 Å². The molecule has 0 aliphatic carbocycles. The Hall–Kier alpha value is -3.55. The van der Waals surface area contributed by atoms with Crippen LogP contribution in [0.3, 0.4) is 0 Å². The topological polar surface area (TPSA) is 121 Å². The van der Waals surface area contributed by atoms with Crippen molar-refractivity contribution in [1.29, 1.82) is 5.26 Å². The number of furan rings is 1. The quantitative estimate of drug-likeness (QED) is 0.400. The van der Waals surface area contributed by atoms with Crippen molar-refractivity contribution in [2.75, 3.05) is 23.0 Å². The Balaban J connectivity index is 1.51. The van der Waals surface area contributed by atoms with Gasteiger partial charge in [-0.05, 0) is 36.4 Å². The molecule has 2 amide bonds. The van der Waals surface area contributed by atoms with Crippen LogP contribution in [-0.2, 0) is 9.53 Å². The number of thioether (sulfide) groups is 1. The highest BCUT2D eigenvalue weighted by molar-refractivity contribution is 7.99. The highest BCUT2D eigenvalue weighted by atomic mass is 32.2. The van der Waals surface area contributed by atoms with E-state index in [0.29, 0.717) is 10.7 Å². The molecular formula is C20H15N3O5S2. The second-order valence-electron chi connectivity index (χ2n) is 5.66. The van der Waals surface area contributed by atoms with Gasteiger partial charge in [0.05, 0.1) is 28.8 Å². The van der Waals surface area contributed by atoms with Crippen LogP contribution >= 0.6 is 23.1 Å². The van der Waals surface area contributed by atoms with Crippen LogP contribution in [0.15, 0.2) is 64.1 Å². The fraction of sp³-hybridized carbons (Fsp3) is 0.100. The number of nitriles is 1. The molecule has 3 rings (SSSR count). The first-order valence-electron chi connectivity index (χ1n) is 8.57. The number of thiophene rings is 1. The maximum Gasteiger partial charge on any atom is 0.348 e. The summed E-state index contributed by atoms with van der Waals surface area (Å²) in [6.07, 6.45) is 1.39. The molecule has 0 saturated heterocycles. The number of nitrogens with one attached hydrogen (secondary N) is 2. The SMILES string of the molecule is N#CCSc1ccccc1NC(=O)COC(=O)c1ccc(NC(=O)c2ccco2)s1. The van der Waals surface area contributed by atoms with Gasteiger partial charge in [-0.2, -0.15) is 5.26 Å². The first-order chi connectivity index (χ1) is 14.6. The lowest BCUT2D eigenvalue weighted by atomic mass is 10.3. The number of anilines is 2. The first kappa shape index (κ1) is 21.2. The van der Waals surface area contributed by atoms with Crippen LogP contribution in [0.4, 0.5) is 10.7 Å². The van der Waals surface area contributed by atoms with Gasteiger partial charge in [0.25, 0.3) is 11.8 Å². The summed E-state index contributed by atoms with van der Waals surface area (Å²) < 4.78 is 10.0. The van der Waals surface area contributed by atoms with Crippen molar-refractivity contribution in [3.05, 3.63) is 65.4 Å². The Morgan fingerprint density at radius 2 is 1.93 bits per heavy atom. The molecule has 10 heteroatoms. The van der Waals surface area contributed by atoms with E-state index in [1.54, 1.807) is 36.4 Å². The summed E-state index contributed by atoms with van der Waals surface area (Å²) >= 11 is 2.31. The summed E-state index contributed by atoms with van der Waals surface area (Å²) in [7, 11) is 0. The minimum Gasteiger partial charge on any atom is -0.459 e. The van der Waals surface area contributed by atoms with Crippen molar-refractivity contribution >= 4 is 51.6 Å². The van der Waals surface area contributed by atoms with E-state index in [0.717, 1.165) is 16.2 Å². The maximum atomic E-state index is 12.2. The number of carbonyl (C=O) groups is 3. The Kier molecular flexibility index (Phi) is 7.26. The molecule has 0 aliphatic rings. The van der Waals surface area contributed by atoms with Crippen molar-refractivity contribution in [2.24, 2.45) is 0 Å². The van der Waals surface area contributed by atoms with Crippen LogP contribution in [0.1, 0.15) is 20.2 Å². The lowest BCUT2D eigenvalue weighted by Gasteiger charge is -2.09. The third kappa shape index (κ3) is 5.73. The van der Waals surface area contributed by atoms with E-state index >= 15 is 0 Å². The highest BCUT2D eigenvalue weighted by Crippen LogP contribution is 2.27. The number of nitrogens with zero attached hydrogens (tertiary/aromatic N) is 1. The molecule has 152 valence electrons. The lowest BCUT2D eigenvalue weighted by Crippen LogP contribution is -2.20. The second kappa shape index (κ2) is 10.3. The number of rotatable bonds is 8. The smallest absolute Gasteiger partial charge is 0.348 e.